The molecule has 0 radical (unpaired) electrons. The molecule has 2 atom stereocenters. The lowest BCUT2D eigenvalue weighted by Gasteiger charge is -2.19. The van der Waals surface area contributed by atoms with Crippen LogP contribution in [-0.4, -0.2) is 43.1 Å². The lowest BCUT2D eigenvalue weighted by molar-refractivity contribution is -0.146. The summed E-state index contributed by atoms with van der Waals surface area (Å²) in [7, 11) is 1.07. The lowest BCUT2D eigenvalue weighted by atomic mass is 10.2. The molecular weight excluding hydrogens is 268 g/mol. The van der Waals surface area contributed by atoms with Crippen molar-refractivity contribution in [2.45, 2.75) is 18.8 Å². The minimum Gasteiger partial charge on any atom is -0.467 e. The van der Waals surface area contributed by atoms with Crippen LogP contribution in [0.1, 0.15) is 5.56 Å². The van der Waals surface area contributed by atoms with Crippen molar-refractivity contribution in [2.24, 2.45) is 0 Å². The molecule has 0 bridgehead atoms. The van der Waals surface area contributed by atoms with E-state index in [0.29, 0.717) is 0 Å². The summed E-state index contributed by atoms with van der Waals surface area (Å²) >= 11 is 0. The highest BCUT2D eigenvalue weighted by molar-refractivity contribution is 5.81. The van der Waals surface area contributed by atoms with Gasteiger partial charge < -0.3 is 19.9 Å². The molecule has 2 N–H and O–H groups in total. The number of carbonyl (C=O) groups excluding carboxylic acids is 2. The summed E-state index contributed by atoms with van der Waals surface area (Å²) in [5, 5.41) is 11.4. The van der Waals surface area contributed by atoms with E-state index in [-0.39, 0.29) is 6.61 Å². The minimum atomic E-state index is -1.69. The Hall–Kier alpha value is -2.15. The maximum absolute atomic E-state index is 12.4. The van der Waals surface area contributed by atoms with Crippen LogP contribution in [0, 0.1) is 0 Å². The molecule has 0 heterocycles. The minimum absolute atomic E-state index is 0.00765. The number of amides is 1. The van der Waals surface area contributed by atoms with Gasteiger partial charge in [0.2, 0.25) is 0 Å². The van der Waals surface area contributed by atoms with Crippen LogP contribution >= 0.6 is 0 Å². The van der Waals surface area contributed by atoms with Crippen molar-refractivity contribution < 1.29 is 28.6 Å². The fourth-order valence-electron chi connectivity index (χ4n) is 1.42. The van der Waals surface area contributed by atoms with Gasteiger partial charge in [-0.3, -0.25) is 0 Å². The van der Waals surface area contributed by atoms with Crippen LogP contribution in [0.3, 0.4) is 0 Å². The summed E-state index contributed by atoms with van der Waals surface area (Å²) in [6, 6.07) is 7.37. The fourth-order valence-corrected chi connectivity index (χ4v) is 1.42. The van der Waals surface area contributed by atoms with Crippen LogP contribution in [0.5, 0.6) is 0 Å². The van der Waals surface area contributed by atoms with Gasteiger partial charge in [0.05, 0.1) is 7.11 Å². The number of nitrogens with one attached hydrogen (secondary N) is 1. The average molecular weight is 284 g/mol. The van der Waals surface area contributed by atoms with Crippen LogP contribution < -0.4 is 5.32 Å². The van der Waals surface area contributed by atoms with Crippen LogP contribution in [0.2, 0.25) is 0 Å². The van der Waals surface area contributed by atoms with Crippen LogP contribution in [0.15, 0.2) is 30.3 Å². The molecule has 1 rings (SSSR count). The van der Waals surface area contributed by atoms with E-state index < -0.39 is 30.9 Å². The average Bonchev–Trinajstić information content (AvgIpc) is 2.50. The Balaban J connectivity index is 2.51. The molecule has 20 heavy (non-hydrogen) atoms. The number of esters is 1. The standard InChI is InChI=1S/C13H16FNO5/c1-19-12(17)11(10(16)7-14)15-13(18)20-8-9-5-3-2-4-6-9/h2-6,10-11,16H,7-8H2,1H3,(H,15,18)/t10-,11+/m1/s1/i14-1. The van der Waals surface area contributed by atoms with E-state index in [1.807, 2.05) is 6.07 Å². The number of aliphatic hydroxyl groups is 1. The second-order valence-corrected chi connectivity index (χ2v) is 3.93. The first kappa shape index (κ1) is 15.9. The molecule has 1 aromatic carbocycles. The molecule has 0 aliphatic heterocycles. The molecule has 1 aromatic rings. The first-order chi connectivity index (χ1) is 9.58. The van der Waals surface area contributed by atoms with Crippen molar-refractivity contribution in [3.63, 3.8) is 0 Å². The third-order valence-corrected chi connectivity index (χ3v) is 2.48. The topological polar surface area (TPSA) is 84.9 Å². The Labute approximate surface area is 115 Å². The molecule has 0 spiro atoms. The number of methoxy groups -OCH3 is 1. The molecule has 1 amide bonds. The molecule has 0 aliphatic rings. The van der Waals surface area contributed by atoms with E-state index in [1.54, 1.807) is 24.3 Å². The zero-order valence-electron chi connectivity index (χ0n) is 10.9. The van der Waals surface area contributed by atoms with Crippen molar-refractivity contribution in [3.8, 4) is 0 Å². The van der Waals surface area contributed by atoms with Crippen molar-refractivity contribution >= 4 is 12.1 Å². The van der Waals surface area contributed by atoms with Gasteiger partial charge in [-0.05, 0) is 5.56 Å². The molecule has 0 aromatic heterocycles. The normalized spacial score (nSPS) is 13.2. The SMILES string of the molecule is COC(=O)[C@@H](NC(=O)OCc1ccccc1)[C@H](O)C[18F]. The van der Waals surface area contributed by atoms with Crippen molar-refractivity contribution in [3.05, 3.63) is 35.9 Å². The maximum Gasteiger partial charge on any atom is 0.408 e. The molecule has 0 unspecified atom stereocenters. The molecule has 110 valence electrons. The van der Waals surface area contributed by atoms with Crippen molar-refractivity contribution in [1.82, 2.24) is 5.32 Å². The maximum atomic E-state index is 12.4. The molecule has 7 heteroatoms. The van der Waals surface area contributed by atoms with Gasteiger partial charge in [0, 0.05) is 0 Å². The lowest BCUT2D eigenvalue weighted by Crippen LogP contribution is -2.50. The predicted molar refractivity (Wildman–Crippen MR) is 67.5 cm³/mol. The number of halogens is 1. The van der Waals surface area contributed by atoms with E-state index in [0.717, 1.165) is 12.7 Å². The Morgan fingerprint density at radius 2 is 2.00 bits per heavy atom. The van der Waals surface area contributed by atoms with Gasteiger partial charge in [-0.15, -0.1) is 0 Å². The highest BCUT2D eigenvalue weighted by atomic mass is 18.2. The number of carbonyl (C=O) groups is 2. The number of aliphatic hydroxyl groups excluding tert-OH is 1. The summed E-state index contributed by atoms with van der Waals surface area (Å²) in [6.45, 7) is -1.20. The van der Waals surface area contributed by atoms with Gasteiger partial charge in [0.15, 0.2) is 6.04 Å². The van der Waals surface area contributed by atoms with E-state index >= 15 is 0 Å². The number of ether oxygens (including phenoxy) is 2. The third kappa shape index (κ3) is 4.85. The second-order valence-electron chi connectivity index (χ2n) is 3.93. The Bertz CT molecular complexity index is 440. The second kappa shape index (κ2) is 8.11. The Morgan fingerprint density at radius 3 is 2.55 bits per heavy atom. The van der Waals surface area contributed by atoms with Crippen LogP contribution in [-0.2, 0) is 20.9 Å². The fraction of sp³-hybridized carbons (Fsp3) is 0.385. The summed E-state index contributed by atoms with van der Waals surface area (Å²) in [4.78, 5) is 22.8. The number of benzene rings is 1. The van der Waals surface area contributed by atoms with E-state index in [2.05, 4.69) is 10.1 Å². The van der Waals surface area contributed by atoms with Gasteiger partial charge in [-0.1, -0.05) is 30.3 Å². The van der Waals surface area contributed by atoms with E-state index in [9.17, 15) is 19.1 Å². The zero-order valence-corrected chi connectivity index (χ0v) is 10.9. The quantitative estimate of drug-likeness (QED) is 0.754. The number of hydrogen-bond donors (Lipinski definition) is 2. The number of hydrogen-bond acceptors (Lipinski definition) is 5. The molecular formula is C13H16FNO5. The highest BCUT2D eigenvalue weighted by Crippen LogP contribution is 2.02. The summed E-state index contributed by atoms with van der Waals surface area (Å²) in [5.74, 6) is -0.952. The van der Waals surface area contributed by atoms with Gasteiger partial charge >= 0.3 is 12.1 Å². The molecule has 6 nitrogen and oxygen atoms in total. The molecule has 0 saturated carbocycles. The summed E-state index contributed by atoms with van der Waals surface area (Å²) in [6.07, 6.45) is -2.64. The number of alkyl halides is 1. The highest BCUT2D eigenvalue weighted by Gasteiger charge is 2.30. The summed E-state index contributed by atoms with van der Waals surface area (Å²) in [5.41, 5.74) is 0.753. The monoisotopic (exact) mass is 284 g/mol. The first-order valence-electron chi connectivity index (χ1n) is 5.87. The molecule has 0 aliphatic carbocycles. The zero-order chi connectivity index (χ0) is 15.0. The molecule has 0 fully saturated rings. The van der Waals surface area contributed by atoms with Gasteiger partial charge in [-0.2, -0.15) is 0 Å². The molecule has 0 saturated heterocycles. The van der Waals surface area contributed by atoms with Crippen LogP contribution in [0.4, 0.5) is 9.18 Å². The number of rotatable bonds is 6. The largest absolute Gasteiger partial charge is 0.467 e. The van der Waals surface area contributed by atoms with E-state index in [1.165, 1.54) is 0 Å². The third-order valence-electron chi connectivity index (χ3n) is 2.48. The first-order valence-corrected chi connectivity index (χ1v) is 5.87. The Kier molecular flexibility index (Phi) is 6.45. The Morgan fingerprint density at radius 1 is 1.35 bits per heavy atom. The van der Waals surface area contributed by atoms with Crippen molar-refractivity contribution in [2.75, 3.05) is 13.8 Å². The van der Waals surface area contributed by atoms with Crippen molar-refractivity contribution in [1.29, 1.82) is 0 Å². The van der Waals surface area contributed by atoms with Gasteiger partial charge in [0.25, 0.3) is 0 Å². The van der Waals surface area contributed by atoms with Crippen LogP contribution in [0.25, 0.3) is 0 Å². The smallest absolute Gasteiger partial charge is 0.408 e. The van der Waals surface area contributed by atoms with Gasteiger partial charge in [0.1, 0.15) is 19.4 Å². The number of alkyl carbamates (subject to hydrolysis) is 1. The van der Waals surface area contributed by atoms with E-state index in [4.69, 9.17) is 4.74 Å². The predicted octanol–water partition coefficient (Wildman–Crippen LogP) is 0.785. The summed E-state index contributed by atoms with van der Waals surface area (Å²) < 4.78 is 21.6. The van der Waals surface area contributed by atoms with Gasteiger partial charge in [-0.25, -0.2) is 14.0 Å².